The molecule has 1 N–H and O–H groups in total. The van der Waals surface area contributed by atoms with E-state index in [1.807, 2.05) is 0 Å². The number of alkyl halides is 2. The van der Waals surface area contributed by atoms with Crippen molar-refractivity contribution in [2.45, 2.75) is 11.8 Å². The van der Waals surface area contributed by atoms with Crippen LogP contribution in [0.2, 0.25) is 0 Å². The summed E-state index contributed by atoms with van der Waals surface area (Å²) in [5.74, 6) is 0.370. The predicted molar refractivity (Wildman–Crippen MR) is 64.0 cm³/mol. The van der Waals surface area contributed by atoms with Crippen molar-refractivity contribution in [3.63, 3.8) is 0 Å². The van der Waals surface area contributed by atoms with E-state index in [4.69, 9.17) is 28.1 Å². The van der Waals surface area contributed by atoms with Crippen molar-refractivity contribution in [3.8, 4) is 0 Å². The minimum absolute atomic E-state index is 0.208. The van der Waals surface area contributed by atoms with Crippen LogP contribution in [0.4, 0.5) is 0 Å². The van der Waals surface area contributed by atoms with Crippen LogP contribution in [0.3, 0.4) is 0 Å². The average molecular weight is 295 g/mol. The molecule has 8 heteroatoms. The van der Waals surface area contributed by atoms with Crippen LogP contribution in [-0.4, -0.2) is 33.3 Å². The van der Waals surface area contributed by atoms with E-state index in [2.05, 4.69) is 4.52 Å². The van der Waals surface area contributed by atoms with Crippen molar-refractivity contribution in [2.24, 2.45) is 0 Å². The van der Waals surface area contributed by atoms with Gasteiger partial charge < -0.3 is 9.45 Å². The zero-order chi connectivity index (χ0) is 12.1. The molecular weight excluding hydrogens is 282 g/mol. The molecule has 4 nitrogen and oxygen atoms in total. The standard InChI is InChI=1S/C7H13Cl2O4PS/c1-3-15(12)6(4-7(8)9)5-13-14(2,10)11/h4,7H,3,5H2,1-2H3,(H,10,11). The van der Waals surface area contributed by atoms with E-state index in [1.165, 1.54) is 6.08 Å². The van der Waals surface area contributed by atoms with Gasteiger partial charge in [0.2, 0.25) is 0 Å². The van der Waals surface area contributed by atoms with Crippen LogP contribution in [0.25, 0.3) is 0 Å². The molecule has 0 aliphatic rings. The van der Waals surface area contributed by atoms with Gasteiger partial charge in [-0.25, -0.2) is 0 Å². The number of hydrogen-bond acceptors (Lipinski definition) is 3. The van der Waals surface area contributed by atoms with E-state index < -0.39 is 23.6 Å². The summed E-state index contributed by atoms with van der Waals surface area (Å²) in [6.45, 7) is 2.56. The van der Waals surface area contributed by atoms with Gasteiger partial charge in [0.25, 0.3) is 0 Å². The van der Waals surface area contributed by atoms with Crippen LogP contribution in [-0.2, 0) is 20.3 Å². The van der Waals surface area contributed by atoms with Gasteiger partial charge in [0.1, 0.15) is 17.2 Å². The van der Waals surface area contributed by atoms with Crippen molar-refractivity contribution in [1.82, 2.24) is 0 Å². The zero-order valence-corrected chi connectivity index (χ0v) is 11.6. The molecule has 0 aromatic rings. The smallest absolute Gasteiger partial charge is 0.325 e. The van der Waals surface area contributed by atoms with E-state index >= 15 is 0 Å². The van der Waals surface area contributed by atoms with Crippen LogP contribution in [0.5, 0.6) is 0 Å². The summed E-state index contributed by atoms with van der Waals surface area (Å²) in [6.07, 6.45) is 1.35. The number of allylic oxidation sites excluding steroid dienone is 1. The fourth-order valence-corrected chi connectivity index (χ4v) is 2.47. The summed E-state index contributed by atoms with van der Waals surface area (Å²) < 4.78 is 26.9. The van der Waals surface area contributed by atoms with Gasteiger partial charge in [-0.05, 0) is 18.1 Å². The summed E-state index contributed by atoms with van der Waals surface area (Å²) in [4.78, 5) is 8.41. The van der Waals surface area contributed by atoms with Crippen molar-refractivity contribution in [2.75, 3.05) is 19.0 Å². The van der Waals surface area contributed by atoms with Crippen LogP contribution in [0.1, 0.15) is 6.92 Å². The number of hydrogen-bond donors (Lipinski definition) is 1. The first-order valence-corrected chi connectivity index (χ1v) is 8.30. The van der Waals surface area contributed by atoms with E-state index in [0.717, 1.165) is 6.66 Å². The summed E-state index contributed by atoms with van der Waals surface area (Å²) in [7, 11) is -3.57. The lowest BCUT2D eigenvalue weighted by Gasteiger charge is -2.13. The second kappa shape index (κ2) is 7.17. The van der Waals surface area contributed by atoms with Gasteiger partial charge in [-0.15, -0.1) is 23.2 Å². The van der Waals surface area contributed by atoms with E-state index in [9.17, 15) is 9.12 Å². The fraction of sp³-hybridized carbons (Fsp3) is 0.714. The molecule has 0 heterocycles. The minimum atomic E-state index is -3.57. The van der Waals surface area contributed by atoms with Crippen molar-refractivity contribution in [3.05, 3.63) is 11.0 Å². The van der Waals surface area contributed by atoms with E-state index in [-0.39, 0.29) is 6.61 Å². The lowest BCUT2D eigenvalue weighted by atomic mass is 10.5. The normalized spacial score (nSPS) is 19.0. The lowest BCUT2D eigenvalue weighted by molar-refractivity contribution is 0.290. The van der Waals surface area contributed by atoms with Crippen LogP contribution in [0.15, 0.2) is 11.0 Å². The van der Waals surface area contributed by atoms with Crippen LogP contribution < -0.4 is 0 Å². The number of halogens is 2. The highest BCUT2D eigenvalue weighted by molar-refractivity contribution is 7.95. The predicted octanol–water partition coefficient (Wildman–Crippen LogP) is 2.27. The Balaban J connectivity index is 4.46. The lowest BCUT2D eigenvalue weighted by Crippen LogP contribution is -2.12. The maximum atomic E-state index is 11.4. The minimum Gasteiger partial charge on any atom is -0.612 e. The Hall–Kier alpha value is 0.780. The molecule has 0 bridgehead atoms. The van der Waals surface area contributed by atoms with E-state index in [0.29, 0.717) is 10.7 Å². The Bertz CT molecular complexity index is 266. The largest absolute Gasteiger partial charge is 0.612 e. The Morgan fingerprint density at radius 2 is 2.27 bits per heavy atom. The molecule has 0 aromatic carbocycles. The maximum Gasteiger partial charge on any atom is 0.325 e. The molecule has 0 aromatic heterocycles. The Morgan fingerprint density at radius 1 is 1.73 bits per heavy atom. The first-order valence-electron chi connectivity index (χ1n) is 4.08. The summed E-state index contributed by atoms with van der Waals surface area (Å²) in [5, 5.41) is 0. The molecule has 2 atom stereocenters. The first-order chi connectivity index (χ1) is 6.76. The van der Waals surface area contributed by atoms with Gasteiger partial charge in [-0.3, -0.25) is 9.09 Å². The third kappa shape index (κ3) is 8.57. The zero-order valence-electron chi connectivity index (χ0n) is 8.35. The van der Waals surface area contributed by atoms with Crippen LogP contribution in [0, 0.1) is 0 Å². The van der Waals surface area contributed by atoms with Crippen molar-refractivity contribution < 1.29 is 18.5 Å². The average Bonchev–Trinajstić information content (AvgIpc) is 2.09. The van der Waals surface area contributed by atoms with Crippen molar-refractivity contribution in [1.29, 1.82) is 0 Å². The molecule has 90 valence electrons. The molecule has 0 rings (SSSR count). The highest BCUT2D eigenvalue weighted by Gasteiger charge is 2.19. The van der Waals surface area contributed by atoms with Crippen molar-refractivity contribution >= 4 is 42.0 Å². The monoisotopic (exact) mass is 294 g/mol. The molecule has 15 heavy (non-hydrogen) atoms. The quantitative estimate of drug-likeness (QED) is 0.463. The van der Waals surface area contributed by atoms with Gasteiger partial charge in [0, 0.05) is 12.7 Å². The second-order valence-electron chi connectivity index (χ2n) is 2.68. The molecular formula is C7H13Cl2O4PS. The highest BCUT2D eigenvalue weighted by atomic mass is 35.5. The topological polar surface area (TPSA) is 69.6 Å². The molecule has 2 unspecified atom stereocenters. The van der Waals surface area contributed by atoms with Gasteiger partial charge in [-0.1, -0.05) is 0 Å². The Labute approximate surface area is 102 Å². The van der Waals surface area contributed by atoms with Gasteiger partial charge >= 0.3 is 7.60 Å². The molecule has 0 aliphatic carbocycles. The first kappa shape index (κ1) is 15.8. The Kier molecular flexibility index (Phi) is 7.55. The molecule has 0 saturated carbocycles. The molecule has 0 fully saturated rings. The third-order valence-electron chi connectivity index (χ3n) is 1.31. The van der Waals surface area contributed by atoms with Gasteiger partial charge in [-0.2, -0.15) is 0 Å². The fourth-order valence-electron chi connectivity index (χ4n) is 0.699. The van der Waals surface area contributed by atoms with E-state index in [1.54, 1.807) is 6.92 Å². The third-order valence-corrected chi connectivity index (χ3v) is 3.54. The molecule has 0 spiro atoms. The molecule has 0 aliphatic heterocycles. The SMILES string of the molecule is CC[S+]([O-])C(=CC(Cl)Cl)COP(C)(=O)O. The summed E-state index contributed by atoms with van der Waals surface area (Å²) in [6, 6.07) is 0. The van der Waals surface area contributed by atoms with Gasteiger partial charge in [0.15, 0.2) is 4.91 Å². The number of rotatable bonds is 6. The molecule has 0 saturated heterocycles. The second-order valence-corrected chi connectivity index (χ2v) is 7.50. The Morgan fingerprint density at radius 3 is 2.60 bits per heavy atom. The van der Waals surface area contributed by atoms with Crippen LogP contribution >= 0.6 is 30.8 Å². The van der Waals surface area contributed by atoms with Gasteiger partial charge in [0.05, 0.1) is 0 Å². The molecule has 0 amide bonds. The summed E-state index contributed by atoms with van der Waals surface area (Å²) in [5.41, 5.74) is 0. The maximum absolute atomic E-state index is 11.4. The highest BCUT2D eigenvalue weighted by Crippen LogP contribution is 2.37. The molecule has 0 radical (unpaired) electrons. The summed E-state index contributed by atoms with van der Waals surface area (Å²) >= 11 is 9.70.